The molecule has 0 bridgehead atoms. The molecule has 1 aromatic heterocycles. The molecule has 4 aromatic rings. The van der Waals surface area contributed by atoms with Crippen LogP contribution in [0.3, 0.4) is 0 Å². The number of nitrogens with zero attached hydrogens (tertiary/aromatic N) is 1. The van der Waals surface area contributed by atoms with Crippen LogP contribution in [0.5, 0.6) is 5.75 Å². The van der Waals surface area contributed by atoms with E-state index in [4.69, 9.17) is 9.72 Å². The number of aromatic nitrogens is 1. The Morgan fingerprint density at radius 3 is 2.44 bits per heavy atom. The van der Waals surface area contributed by atoms with Crippen LogP contribution in [0.25, 0.3) is 32.9 Å². The molecule has 0 aliphatic carbocycles. The lowest BCUT2D eigenvalue weighted by molar-refractivity contribution is 0.415. The van der Waals surface area contributed by atoms with Gasteiger partial charge >= 0.3 is 0 Å². The van der Waals surface area contributed by atoms with Crippen molar-refractivity contribution in [2.75, 3.05) is 7.11 Å². The summed E-state index contributed by atoms with van der Waals surface area (Å²) in [5.41, 5.74) is 4.60. The maximum atomic E-state index is 5.27. The van der Waals surface area contributed by atoms with Gasteiger partial charge in [-0.25, -0.2) is 4.98 Å². The molecular formula is C23H21NO. The minimum Gasteiger partial charge on any atom is -0.497 e. The lowest BCUT2D eigenvalue weighted by Gasteiger charge is -2.12. The van der Waals surface area contributed by atoms with E-state index in [0.717, 1.165) is 35.4 Å². The average molecular weight is 327 g/mol. The van der Waals surface area contributed by atoms with E-state index >= 15 is 0 Å². The van der Waals surface area contributed by atoms with Gasteiger partial charge in [0.2, 0.25) is 0 Å². The van der Waals surface area contributed by atoms with Gasteiger partial charge in [0.1, 0.15) is 5.75 Å². The summed E-state index contributed by atoms with van der Waals surface area (Å²) in [6, 6.07) is 23.3. The first-order valence-electron chi connectivity index (χ1n) is 8.76. The van der Waals surface area contributed by atoms with E-state index < -0.39 is 0 Å². The van der Waals surface area contributed by atoms with E-state index in [-0.39, 0.29) is 0 Å². The number of pyridine rings is 1. The molecule has 2 nitrogen and oxygen atoms in total. The highest BCUT2D eigenvalue weighted by molar-refractivity contribution is 6.06. The van der Waals surface area contributed by atoms with Crippen molar-refractivity contribution in [2.45, 2.75) is 19.8 Å². The smallest absolute Gasteiger partial charge is 0.118 e. The summed E-state index contributed by atoms with van der Waals surface area (Å²) in [7, 11) is 1.69. The molecule has 0 amide bonds. The number of fused-ring (bicyclic) bond motifs is 3. The van der Waals surface area contributed by atoms with Crippen LogP contribution in [0.15, 0.2) is 66.7 Å². The van der Waals surface area contributed by atoms with Crippen LogP contribution < -0.4 is 4.74 Å². The maximum absolute atomic E-state index is 5.27. The molecule has 0 N–H and O–H groups in total. The van der Waals surface area contributed by atoms with Gasteiger partial charge in [-0.1, -0.05) is 49.7 Å². The van der Waals surface area contributed by atoms with E-state index in [1.807, 2.05) is 12.1 Å². The van der Waals surface area contributed by atoms with Crippen molar-refractivity contribution < 1.29 is 4.74 Å². The molecule has 0 spiro atoms. The number of rotatable bonds is 4. The second-order valence-corrected chi connectivity index (χ2v) is 6.33. The highest BCUT2D eigenvalue weighted by Crippen LogP contribution is 2.31. The van der Waals surface area contributed by atoms with E-state index in [1.165, 1.54) is 21.7 Å². The Bertz CT molecular complexity index is 1040. The summed E-state index contributed by atoms with van der Waals surface area (Å²) in [6.45, 7) is 2.22. The second-order valence-electron chi connectivity index (χ2n) is 6.33. The van der Waals surface area contributed by atoms with Crippen LogP contribution in [-0.2, 0) is 6.42 Å². The molecule has 0 saturated carbocycles. The summed E-state index contributed by atoms with van der Waals surface area (Å²) in [4.78, 5) is 5.03. The number of methoxy groups -OCH3 is 1. The van der Waals surface area contributed by atoms with Gasteiger partial charge in [-0.15, -0.1) is 0 Å². The maximum Gasteiger partial charge on any atom is 0.118 e. The Morgan fingerprint density at radius 1 is 0.880 bits per heavy atom. The van der Waals surface area contributed by atoms with Crippen LogP contribution in [0.4, 0.5) is 0 Å². The third-order valence-corrected chi connectivity index (χ3v) is 4.69. The zero-order chi connectivity index (χ0) is 17.2. The molecule has 25 heavy (non-hydrogen) atoms. The number of ether oxygens (including phenoxy) is 1. The van der Waals surface area contributed by atoms with Gasteiger partial charge in [0.15, 0.2) is 0 Å². The number of hydrogen-bond acceptors (Lipinski definition) is 2. The van der Waals surface area contributed by atoms with Gasteiger partial charge in [-0.2, -0.15) is 0 Å². The fourth-order valence-corrected chi connectivity index (χ4v) is 3.42. The van der Waals surface area contributed by atoms with Crippen molar-refractivity contribution in [3.8, 4) is 17.0 Å². The van der Waals surface area contributed by atoms with Gasteiger partial charge < -0.3 is 4.74 Å². The highest BCUT2D eigenvalue weighted by Gasteiger charge is 2.10. The Hall–Kier alpha value is -2.87. The van der Waals surface area contributed by atoms with Gasteiger partial charge in [0.25, 0.3) is 0 Å². The summed E-state index contributed by atoms with van der Waals surface area (Å²) in [6.07, 6.45) is 2.18. The molecule has 0 aliphatic rings. The van der Waals surface area contributed by atoms with Crippen molar-refractivity contribution in [2.24, 2.45) is 0 Å². The molecule has 0 atom stereocenters. The molecule has 4 rings (SSSR count). The summed E-state index contributed by atoms with van der Waals surface area (Å²) < 4.78 is 5.27. The normalized spacial score (nSPS) is 11.1. The van der Waals surface area contributed by atoms with E-state index in [0.29, 0.717) is 0 Å². The number of benzene rings is 3. The Balaban J connectivity index is 1.99. The van der Waals surface area contributed by atoms with Crippen molar-refractivity contribution in [3.63, 3.8) is 0 Å². The predicted molar refractivity (Wildman–Crippen MR) is 105 cm³/mol. The largest absolute Gasteiger partial charge is 0.497 e. The van der Waals surface area contributed by atoms with Crippen molar-refractivity contribution in [3.05, 3.63) is 72.3 Å². The molecule has 2 heteroatoms. The molecule has 0 unspecified atom stereocenters. The lowest BCUT2D eigenvalue weighted by atomic mass is 9.98. The van der Waals surface area contributed by atoms with Crippen LogP contribution in [0.1, 0.15) is 18.9 Å². The first kappa shape index (κ1) is 15.6. The molecule has 0 saturated heterocycles. The van der Waals surface area contributed by atoms with E-state index in [9.17, 15) is 0 Å². The topological polar surface area (TPSA) is 22.1 Å². The summed E-state index contributed by atoms with van der Waals surface area (Å²) >= 11 is 0. The van der Waals surface area contributed by atoms with Crippen molar-refractivity contribution >= 4 is 21.7 Å². The summed E-state index contributed by atoms with van der Waals surface area (Å²) in [5.74, 6) is 0.865. The Labute approximate surface area is 148 Å². The fourth-order valence-electron chi connectivity index (χ4n) is 3.42. The summed E-state index contributed by atoms with van der Waals surface area (Å²) in [5, 5.41) is 3.71. The molecule has 0 fully saturated rings. The standard InChI is InChI=1S/C23H21NO/c1-3-6-18-15-22(17-9-12-19(25-2)13-10-17)24-23-20-8-5-4-7-16(20)11-14-21(18)23/h4-5,7-15H,3,6H2,1-2H3. The third-order valence-electron chi connectivity index (χ3n) is 4.69. The van der Waals surface area contributed by atoms with Crippen molar-refractivity contribution in [1.29, 1.82) is 0 Å². The molecule has 1 heterocycles. The van der Waals surface area contributed by atoms with Gasteiger partial charge in [-0.3, -0.25) is 0 Å². The minimum atomic E-state index is 0.865. The zero-order valence-corrected chi connectivity index (χ0v) is 14.6. The Morgan fingerprint density at radius 2 is 1.68 bits per heavy atom. The first-order chi connectivity index (χ1) is 12.3. The van der Waals surface area contributed by atoms with E-state index in [2.05, 4.69) is 61.5 Å². The quantitative estimate of drug-likeness (QED) is 0.428. The predicted octanol–water partition coefficient (Wildman–Crippen LogP) is 6.02. The molecule has 0 radical (unpaired) electrons. The SMILES string of the molecule is CCCc1cc(-c2ccc(OC)cc2)nc2c1ccc1ccccc12. The highest BCUT2D eigenvalue weighted by atomic mass is 16.5. The average Bonchev–Trinajstić information content (AvgIpc) is 2.68. The molecule has 0 aliphatic heterocycles. The number of aryl methyl sites for hydroxylation is 1. The monoisotopic (exact) mass is 327 g/mol. The molecule has 124 valence electrons. The first-order valence-corrected chi connectivity index (χ1v) is 8.76. The van der Waals surface area contributed by atoms with Crippen LogP contribution in [-0.4, -0.2) is 12.1 Å². The van der Waals surface area contributed by atoms with Crippen LogP contribution >= 0.6 is 0 Å². The lowest BCUT2D eigenvalue weighted by Crippen LogP contribution is -1.94. The zero-order valence-electron chi connectivity index (χ0n) is 14.6. The third kappa shape index (κ3) is 2.85. The fraction of sp³-hybridized carbons (Fsp3) is 0.174. The van der Waals surface area contributed by atoms with Crippen LogP contribution in [0.2, 0.25) is 0 Å². The van der Waals surface area contributed by atoms with Gasteiger partial charge in [-0.05, 0) is 47.7 Å². The van der Waals surface area contributed by atoms with Gasteiger partial charge in [0.05, 0.1) is 18.3 Å². The van der Waals surface area contributed by atoms with E-state index in [1.54, 1.807) is 7.11 Å². The molecule has 3 aromatic carbocycles. The molecular weight excluding hydrogens is 306 g/mol. The Kier molecular flexibility index (Phi) is 4.10. The van der Waals surface area contributed by atoms with Gasteiger partial charge in [0, 0.05) is 16.3 Å². The second kappa shape index (κ2) is 6.56. The minimum absolute atomic E-state index is 0.865. The van der Waals surface area contributed by atoms with Crippen LogP contribution in [0, 0.1) is 0 Å². The van der Waals surface area contributed by atoms with Crippen molar-refractivity contribution in [1.82, 2.24) is 4.98 Å². The number of hydrogen-bond donors (Lipinski definition) is 0.